The molecule has 12 heavy (non-hydrogen) atoms. The van der Waals surface area contributed by atoms with Gasteiger partial charge in [-0.05, 0) is 13.8 Å². The molecule has 1 N–H and O–H groups in total. The third kappa shape index (κ3) is 1.76. The van der Waals surface area contributed by atoms with Gasteiger partial charge in [-0.2, -0.15) is 0 Å². The summed E-state index contributed by atoms with van der Waals surface area (Å²) in [7, 11) is 1.63. The van der Waals surface area contributed by atoms with Crippen molar-refractivity contribution in [3.05, 3.63) is 0 Å². The van der Waals surface area contributed by atoms with E-state index in [9.17, 15) is 9.90 Å². The summed E-state index contributed by atoms with van der Waals surface area (Å²) in [6.07, 6.45) is -0.645. The molecule has 1 aliphatic heterocycles. The monoisotopic (exact) mass is 172 g/mol. The molecule has 0 saturated carbocycles. The van der Waals surface area contributed by atoms with Crippen molar-refractivity contribution in [1.29, 1.82) is 0 Å². The van der Waals surface area contributed by atoms with E-state index in [-0.39, 0.29) is 5.91 Å². The normalized spacial score (nSPS) is 26.9. The van der Waals surface area contributed by atoms with E-state index in [2.05, 4.69) is 0 Å². The van der Waals surface area contributed by atoms with Crippen LogP contribution in [-0.2, 0) is 4.79 Å². The fourth-order valence-electron chi connectivity index (χ4n) is 1.24. The Morgan fingerprint density at radius 1 is 1.58 bits per heavy atom. The van der Waals surface area contributed by atoms with E-state index in [1.807, 2.05) is 18.7 Å². The predicted molar refractivity (Wildman–Crippen MR) is 45.5 cm³/mol. The Morgan fingerprint density at radius 2 is 2.17 bits per heavy atom. The second kappa shape index (κ2) is 3.41. The highest BCUT2D eigenvalue weighted by atomic mass is 16.3. The van der Waals surface area contributed by atoms with Gasteiger partial charge in [0.05, 0.1) is 6.54 Å². The summed E-state index contributed by atoms with van der Waals surface area (Å²) in [5.74, 6) is -0.0116. The molecule has 1 fully saturated rings. The van der Waals surface area contributed by atoms with Gasteiger partial charge in [-0.3, -0.25) is 9.69 Å². The Kier molecular flexibility index (Phi) is 2.69. The van der Waals surface area contributed by atoms with E-state index < -0.39 is 6.23 Å². The van der Waals surface area contributed by atoms with Crippen molar-refractivity contribution in [2.75, 3.05) is 20.1 Å². The third-order valence-electron chi connectivity index (χ3n) is 2.31. The summed E-state index contributed by atoms with van der Waals surface area (Å²) < 4.78 is 0. The zero-order valence-corrected chi connectivity index (χ0v) is 7.82. The highest BCUT2D eigenvalue weighted by Crippen LogP contribution is 2.09. The average molecular weight is 172 g/mol. The predicted octanol–water partition coefficient (Wildman–Crippen LogP) is -0.513. The molecular formula is C8H16N2O2. The Balaban J connectivity index is 2.59. The van der Waals surface area contributed by atoms with Crippen molar-refractivity contribution in [2.45, 2.75) is 26.1 Å². The van der Waals surface area contributed by atoms with Gasteiger partial charge in [-0.25, -0.2) is 0 Å². The number of likely N-dealkylation sites (N-methyl/N-ethyl adjacent to an activating group) is 1. The maximum absolute atomic E-state index is 11.2. The zero-order chi connectivity index (χ0) is 9.30. The fourth-order valence-corrected chi connectivity index (χ4v) is 1.24. The first-order chi connectivity index (χ1) is 5.52. The number of hydrogen-bond donors (Lipinski definition) is 1. The molecule has 1 atom stereocenters. The van der Waals surface area contributed by atoms with Crippen molar-refractivity contribution < 1.29 is 9.90 Å². The maximum Gasteiger partial charge on any atom is 0.238 e. The number of carbonyl (C=O) groups excluding carboxylic acids is 1. The Labute approximate surface area is 72.8 Å². The molecule has 0 aromatic carbocycles. The van der Waals surface area contributed by atoms with E-state index in [0.717, 1.165) is 0 Å². The Bertz CT molecular complexity index is 182. The second-order valence-corrected chi connectivity index (χ2v) is 3.51. The molecule has 1 heterocycles. The SMILES string of the molecule is CC(C)N1CC(=O)N(C)C(O)C1. The van der Waals surface area contributed by atoms with Gasteiger partial charge >= 0.3 is 0 Å². The van der Waals surface area contributed by atoms with Crippen LogP contribution < -0.4 is 0 Å². The Morgan fingerprint density at radius 3 is 2.58 bits per heavy atom. The quantitative estimate of drug-likeness (QED) is 0.579. The largest absolute Gasteiger partial charge is 0.372 e. The van der Waals surface area contributed by atoms with Crippen LogP contribution in [0.25, 0.3) is 0 Å². The number of aliphatic hydroxyl groups excluding tert-OH is 1. The molecule has 0 radical (unpaired) electrons. The molecule has 0 aromatic heterocycles. The maximum atomic E-state index is 11.2. The topological polar surface area (TPSA) is 43.8 Å². The molecule has 1 saturated heterocycles. The van der Waals surface area contributed by atoms with Crippen molar-refractivity contribution in [3.63, 3.8) is 0 Å². The van der Waals surface area contributed by atoms with E-state index in [1.165, 1.54) is 4.90 Å². The zero-order valence-electron chi connectivity index (χ0n) is 7.82. The smallest absolute Gasteiger partial charge is 0.238 e. The molecule has 0 spiro atoms. The van der Waals surface area contributed by atoms with Crippen LogP contribution in [0.1, 0.15) is 13.8 Å². The lowest BCUT2D eigenvalue weighted by Crippen LogP contribution is -2.56. The fraction of sp³-hybridized carbons (Fsp3) is 0.875. The van der Waals surface area contributed by atoms with Gasteiger partial charge in [0.25, 0.3) is 0 Å². The van der Waals surface area contributed by atoms with Crippen molar-refractivity contribution >= 4 is 5.91 Å². The number of carbonyl (C=O) groups is 1. The molecule has 4 nitrogen and oxygen atoms in total. The van der Waals surface area contributed by atoms with E-state index in [4.69, 9.17) is 0 Å². The first-order valence-electron chi connectivity index (χ1n) is 4.20. The lowest BCUT2D eigenvalue weighted by Gasteiger charge is -2.38. The number of β-amino-alcohol motifs (C(OH)–C–C–N with tert-alkyl or cyclic N) is 1. The number of hydrogen-bond acceptors (Lipinski definition) is 3. The number of amides is 1. The van der Waals surface area contributed by atoms with Crippen LogP contribution in [0.2, 0.25) is 0 Å². The van der Waals surface area contributed by atoms with Gasteiger partial charge in [0.1, 0.15) is 6.23 Å². The minimum absolute atomic E-state index is 0.0116. The molecule has 1 amide bonds. The molecule has 0 aliphatic carbocycles. The van der Waals surface area contributed by atoms with E-state index in [1.54, 1.807) is 7.05 Å². The molecule has 0 bridgehead atoms. The van der Waals surface area contributed by atoms with Crippen molar-refractivity contribution in [3.8, 4) is 0 Å². The number of nitrogens with zero attached hydrogens (tertiary/aromatic N) is 2. The summed E-state index contributed by atoms with van der Waals surface area (Å²) >= 11 is 0. The highest BCUT2D eigenvalue weighted by Gasteiger charge is 2.29. The van der Waals surface area contributed by atoms with Crippen LogP contribution in [0, 0.1) is 0 Å². The lowest BCUT2D eigenvalue weighted by molar-refractivity contribution is -0.150. The van der Waals surface area contributed by atoms with Crippen molar-refractivity contribution in [1.82, 2.24) is 9.80 Å². The van der Waals surface area contributed by atoms with Gasteiger partial charge in [-0.15, -0.1) is 0 Å². The van der Waals surface area contributed by atoms with E-state index >= 15 is 0 Å². The minimum Gasteiger partial charge on any atom is -0.372 e. The van der Waals surface area contributed by atoms with Crippen LogP contribution in [0.15, 0.2) is 0 Å². The number of rotatable bonds is 1. The van der Waals surface area contributed by atoms with Crippen LogP contribution >= 0.6 is 0 Å². The van der Waals surface area contributed by atoms with Crippen LogP contribution in [0.3, 0.4) is 0 Å². The van der Waals surface area contributed by atoms with Crippen LogP contribution in [0.5, 0.6) is 0 Å². The summed E-state index contributed by atoms with van der Waals surface area (Å²) in [6.45, 7) is 5.02. The summed E-state index contributed by atoms with van der Waals surface area (Å²) in [5.41, 5.74) is 0. The van der Waals surface area contributed by atoms with Crippen molar-refractivity contribution in [2.24, 2.45) is 0 Å². The van der Waals surface area contributed by atoms with E-state index in [0.29, 0.717) is 19.1 Å². The number of aliphatic hydroxyl groups is 1. The summed E-state index contributed by atoms with van der Waals surface area (Å²) in [4.78, 5) is 14.6. The minimum atomic E-state index is -0.645. The first kappa shape index (κ1) is 9.48. The first-order valence-corrected chi connectivity index (χ1v) is 4.20. The molecule has 1 unspecified atom stereocenters. The summed E-state index contributed by atoms with van der Waals surface area (Å²) in [5, 5.41) is 9.43. The second-order valence-electron chi connectivity index (χ2n) is 3.51. The third-order valence-corrected chi connectivity index (χ3v) is 2.31. The lowest BCUT2D eigenvalue weighted by atomic mass is 10.2. The van der Waals surface area contributed by atoms with Gasteiger partial charge in [0, 0.05) is 19.6 Å². The molecule has 70 valence electrons. The highest BCUT2D eigenvalue weighted by molar-refractivity contribution is 5.78. The average Bonchev–Trinajstić information content (AvgIpc) is 1.99. The van der Waals surface area contributed by atoms with Gasteiger partial charge in [0.2, 0.25) is 5.91 Å². The number of piperazine rings is 1. The standard InChI is InChI=1S/C8H16N2O2/c1-6(2)10-4-7(11)9(3)8(12)5-10/h6-7,11H,4-5H2,1-3H3. The van der Waals surface area contributed by atoms with Gasteiger partial charge < -0.3 is 10.0 Å². The molecule has 1 aliphatic rings. The molecule has 4 heteroatoms. The molecule has 0 aromatic rings. The summed E-state index contributed by atoms with van der Waals surface area (Å²) in [6, 6.07) is 0.317. The van der Waals surface area contributed by atoms with Gasteiger partial charge in [-0.1, -0.05) is 0 Å². The molecule has 1 rings (SSSR count). The Hall–Kier alpha value is -0.610. The van der Waals surface area contributed by atoms with Crippen LogP contribution in [-0.4, -0.2) is 53.2 Å². The molecular weight excluding hydrogens is 156 g/mol. The van der Waals surface area contributed by atoms with Crippen LogP contribution in [0.4, 0.5) is 0 Å². The van der Waals surface area contributed by atoms with Gasteiger partial charge in [0.15, 0.2) is 0 Å².